The molecule has 3 aromatic rings. The number of esters is 1. The highest BCUT2D eigenvalue weighted by molar-refractivity contribution is 7.09. The van der Waals surface area contributed by atoms with Crippen LogP contribution >= 0.6 is 11.3 Å². The quantitative estimate of drug-likeness (QED) is 0.679. The summed E-state index contributed by atoms with van der Waals surface area (Å²) in [6, 6.07) is 5.93. The lowest BCUT2D eigenvalue weighted by molar-refractivity contribution is -0.140. The van der Waals surface area contributed by atoms with E-state index in [1.165, 1.54) is 7.11 Å². The molecular weight excluding hydrogens is 286 g/mol. The molecule has 0 saturated heterocycles. The molecule has 0 unspecified atom stereocenters. The Morgan fingerprint density at radius 3 is 3.05 bits per heavy atom. The van der Waals surface area contributed by atoms with Gasteiger partial charge in [-0.15, -0.1) is 11.3 Å². The summed E-state index contributed by atoms with van der Waals surface area (Å²) in [7, 11) is 1.40. The maximum atomic E-state index is 11.1. The number of carbonyl (C=O) groups excluding carboxylic acids is 1. The summed E-state index contributed by atoms with van der Waals surface area (Å²) in [6.07, 6.45) is 5.70. The number of thiazole rings is 1. The molecule has 0 fully saturated rings. The fraction of sp³-hybridized carbons (Fsp3) is 0.267. The average Bonchev–Trinajstić information content (AvgIpc) is 3.10. The van der Waals surface area contributed by atoms with Gasteiger partial charge in [-0.25, -0.2) is 9.97 Å². The van der Waals surface area contributed by atoms with E-state index >= 15 is 0 Å². The lowest BCUT2D eigenvalue weighted by Crippen LogP contribution is -2.02. The smallest absolute Gasteiger partial charge is 0.305 e. The SMILES string of the molecule is COC(=O)CCc1csc(Cc2cn3ccccc3n2)n1. The largest absolute Gasteiger partial charge is 0.469 e. The second-order valence-corrected chi connectivity index (χ2v) is 5.63. The predicted molar refractivity (Wildman–Crippen MR) is 80.4 cm³/mol. The molecule has 21 heavy (non-hydrogen) atoms. The molecule has 0 aliphatic carbocycles. The monoisotopic (exact) mass is 301 g/mol. The van der Waals surface area contributed by atoms with Crippen molar-refractivity contribution in [3.8, 4) is 0 Å². The normalized spacial score (nSPS) is 10.9. The van der Waals surface area contributed by atoms with E-state index in [9.17, 15) is 4.79 Å². The van der Waals surface area contributed by atoms with Crippen molar-refractivity contribution in [3.63, 3.8) is 0 Å². The molecule has 0 atom stereocenters. The number of nitrogens with zero attached hydrogens (tertiary/aromatic N) is 3. The Kier molecular flexibility index (Phi) is 3.96. The summed E-state index contributed by atoms with van der Waals surface area (Å²) in [4.78, 5) is 20.2. The summed E-state index contributed by atoms with van der Waals surface area (Å²) in [5.41, 5.74) is 2.87. The van der Waals surface area contributed by atoms with Crippen molar-refractivity contribution in [2.45, 2.75) is 19.3 Å². The fourth-order valence-corrected chi connectivity index (χ4v) is 2.95. The van der Waals surface area contributed by atoms with E-state index in [-0.39, 0.29) is 5.97 Å². The van der Waals surface area contributed by atoms with Crippen LogP contribution in [0.4, 0.5) is 0 Å². The molecule has 0 radical (unpaired) electrons. The first-order chi connectivity index (χ1) is 10.2. The molecule has 0 aliphatic rings. The van der Waals surface area contributed by atoms with Crippen molar-refractivity contribution in [1.82, 2.24) is 14.4 Å². The van der Waals surface area contributed by atoms with Crippen molar-refractivity contribution < 1.29 is 9.53 Å². The molecule has 5 nitrogen and oxygen atoms in total. The maximum absolute atomic E-state index is 11.1. The van der Waals surface area contributed by atoms with Crippen LogP contribution in [-0.4, -0.2) is 27.4 Å². The van der Waals surface area contributed by atoms with Crippen LogP contribution in [0.1, 0.15) is 22.8 Å². The highest BCUT2D eigenvalue weighted by Gasteiger charge is 2.08. The molecule has 3 aromatic heterocycles. The van der Waals surface area contributed by atoms with Gasteiger partial charge in [-0.2, -0.15) is 0 Å². The summed E-state index contributed by atoms with van der Waals surface area (Å²) >= 11 is 1.60. The Labute approximate surface area is 126 Å². The fourth-order valence-electron chi connectivity index (χ4n) is 2.10. The molecule has 0 saturated carbocycles. The second-order valence-electron chi connectivity index (χ2n) is 4.68. The summed E-state index contributed by atoms with van der Waals surface area (Å²) in [6.45, 7) is 0. The Morgan fingerprint density at radius 1 is 1.33 bits per heavy atom. The van der Waals surface area contributed by atoms with Crippen LogP contribution < -0.4 is 0 Å². The van der Waals surface area contributed by atoms with Gasteiger partial charge >= 0.3 is 5.97 Å². The predicted octanol–water partition coefficient (Wildman–Crippen LogP) is 2.49. The molecule has 0 amide bonds. The Morgan fingerprint density at radius 2 is 2.24 bits per heavy atom. The van der Waals surface area contributed by atoms with Gasteiger partial charge in [0.25, 0.3) is 0 Å². The number of imidazole rings is 1. The molecule has 108 valence electrons. The van der Waals surface area contributed by atoms with Gasteiger partial charge in [0.1, 0.15) is 5.65 Å². The minimum atomic E-state index is -0.204. The maximum Gasteiger partial charge on any atom is 0.305 e. The number of carbonyl (C=O) groups is 1. The Bertz CT molecular complexity index is 730. The topological polar surface area (TPSA) is 56.5 Å². The minimum absolute atomic E-state index is 0.204. The zero-order valence-electron chi connectivity index (χ0n) is 11.7. The summed E-state index contributed by atoms with van der Waals surface area (Å²) in [5, 5.41) is 3.01. The summed E-state index contributed by atoms with van der Waals surface area (Å²) in [5.74, 6) is -0.204. The number of pyridine rings is 1. The molecule has 0 bridgehead atoms. The minimum Gasteiger partial charge on any atom is -0.469 e. The highest BCUT2D eigenvalue weighted by Crippen LogP contribution is 2.16. The Balaban J connectivity index is 1.67. The van der Waals surface area contributed by atoms with E-state index in [0.717, 1.165) is 22.0 Å². The Hall–Kier alpha value is -2.21. The number of ether oxygens (including phenoxy) is 1. The lowest BCUT2D eigenvalue weighted by atomic mass is 10.2. The number of aromatic nitrogens is 3. The van der Waals surface area contributed by atoms with Gasteiger partial charge in [0.2, 0.25) is 0 Å². The number of fused-ring (bicyclic) bond motifs is 1. The van der Waals surface area contributed by atoms with Crippen LogP contribution in [0.5, 0.6) is 0 Å². The molecule has 0 aliphatic heterocycles. The van der Waals surface area contributed by atoms with Crippen LogP contribution in [0.2, 0.25) is 0 Å². The van der Waals surface area contributed by atoms with Gasteiger partial charge < -0.3 is 9.14 Å². The van der Waals surface area contributed by atoms with E-state index in [2.05, 4.69) is 14.7 Å². The van der Waals surface area contributed by atoms with Gasteiger partial charge in [0.05, 0.1) is 29.9 Å². The van der Waals surface area contributed by atoms with Crippen molar-refractivity contribution in [1.29, 1.82) is 0 Å². The standard InChI is InChI=1S/C15H15N3O2S/c1-20-15(19)6-5-11-10-21-14(17-11)8-12-9-18-7-3-2-4-13(18)16-12/h2-4,7,9-10H,5-6,8H2,1H3. The molecule has 3 rings (SSSR count). The third-order valence-corrected chi connectivity index (χ3v) is 4.06. The van der Waals surface area contributed by atoms with Crippen LogP contribution in [0.15, 0.2) is 36.0 Å². The second kappa shape index (κ2) is 6.05. The van der Waals surface area contributed by atoms with Crippen LogP contribution in [0.25, 0.3) is 5.65 Å². The third kappa shape index (κ3) is 3.28. The molecule has 0 N–H and O–H groups in total. The van der Waals surface area contributed by atoms with E-state index in [0.29, 0.717) is 19.3 Å². The number of hydrogen-bond donors (Lipinski definition) is 0. The molecular formula is C15H15N3O2S. The van der Waals surface area contributed by atoms with Crippen LogP contribution in [-0.2, 0) is 22.4 Å². The van der Waals surface area contributed by atoms with Crippen molar-refractivity contribution in [2.24, 2.45) is 0 Å². The van der Waals surface area contributed by atoms with Crippen molar-refractivity contribution >= 4 is 23.0 Å². The molecule has 3 heterocycles. The van der Waals surface area contributed by atoms with Gasteiger partial charge in [0, 0.05) is 30.6 Å². The molecule has 0 aromatic carbocycles. The highest BCUT2D eigenvalue weighted by atomic mass is 32.1. The van der Waals surface area contributed by atoms with E-state index in [1.54, 1.807) is 11.3 Å². The third-order valence-electron chi connectivity index (χ3n) is 3.16. The number of methoxy groups -OCH3 is 1. The van der Waals surface area contributed by atoms with E-state index < -0.39 is 0 Å². The van der Waals surface area contributed by atoms with Gasteiger partial charge in [-0.05, 0) is 12.1 Å². The van der Waals surface area contributed by atoms with Gasteiger partial charge in [0.15, 0.2) is 0 Å². The zero-order chi connectivity index (χ0) is 14.7. The van der Waals surface area contributed by atoms with Gasteiger partial charge in [-0.3, -0.25) is 4.79 Å². The number of hydrogen-bond acceptors (Lipinski definition) is 5. The first-order valence-electron chi connectivity index (χ1n) is 6.67. The number of aryl methyl sites for hydroxylation is 1. The van der Waals surface area contributed by atoms with Crippen molar-refractivity contribution in [3.05, 3.63) is 52.4 Å². The van der Waals surface area contributed by atoms with Crippen LogP contribution in [0.3, 0.4) is 0 Å². The molecule has 6 heteroatoms. The van der Waals surface area contributed by atoms with E-state index in [4.69, 9.17) is 0 Å². The molecule has 0 spiro atoms. The first-order valence-corrected chi connectivity index (χ1v) is 7.55. The average molecular weight is 301 g/mol. The van der Waals surface area contributed by atoms with Crippen molar-refractivity contribution in [2.75, 3.05) is 7.11 Å². The zero-order valence-corrected chi connectivity index (χ0v) is 12.5. The van der Waals surface area contributed by atoms with Crippen LogP contribution in [0, 0.1) is 0 Å². The van der Waals surface area contributed by atoms with Gasteiger partial charge in [-0.1, -0.05) is 6.07 Å². The van der Waals surface area contributed by atoms with E-state index in [1.807, 2.05) is 40.4 Å². The first kappa shape index (κ1) is 13.8. The number of rotatable bonds is 5. The summed E-state index contributed by atoms with van der Waals surface area (Å²) < 4.78 is 6.63. The lowest BCUT2D eigenvalue weighted by Gasteiger charge is -1.95.